The maximum atomic E-state index is 0. The molecule has 5 heavy (non-hydrogen) atoms. The Bertz CT molecular complexity index is 11.6. The molecule has 1 nitrogen and oxygen atoms in total. The third-order valence-corrected chi connectivity index (χ3v) is 0. The molecule has 0 aliphatic carbocycles. The van der Waals surface area contributed by atoms with Crippen LogP contribution in [0.15, 0.2) is 0 Å². The Morgan fingerprint density at radius 3 is 1.00 bits per heavy atom. The van der Waals surface area contributed by atoms with Crippen molar-refractivity contribution in [2.45, 2.75) is 7.43 Å². The summed E-state index contributed by atoms with van der Waals surface area (Å²) in [4.78, 5) is 0. The Balaban J connectivity index is 0. The fourth-order valence-electron chi connectivity index (χ4n) is 0. The summed E-state index contributed by atoms with van der Waals surface area (Å²) in [6.45, 7) is 0. The number of hydrogen-bond donors (Lipinski definition) is 0. The molecule has 0 aromatic rings. The van der Waals surface area contributed by atoms with Crippen LogP contribution in [-0.2, 0) is 41.9 Å². The minimum absolute atomic E-state index is 0. The van der Waals surface area contributed by atoms with Gasteiger partial charge in [-0.25, -0.2) is 0 Å². The van der Waals surface area contributed by atoms with Crippen molar-refractivity contribution in [3.05, 3.63) is 6.15 Å². The third kappa shape index (κ3) is 25.3. The molecule has 0 rings (SSSR count). The molecule has 29 valence electrons. The third-order valence-electron chi connectivity index (χ3n) is 0. The van der Waals surface area contributed by atoms with Crippen LogP contribution in [0.3, 0.4) is 0 Å². The first-order valence-corrected chi connectivity index (χ1v) is 0. The standard InChI is InChI=1S/CH4.Al.N.Ru.Ta/h1H4;;;;/q;+3;-3;;. The fraction of sp³-hybridized carbons (Fsp3) is 1.00. The summed E-state index contributed by atoms with van der Waals surface area (Å²) in [5, 5.41) is 0. The van der Waals surface area contributed by atoms with Crippen molar-refractivity contribution in [2.75, 3.05) is 0 Å². The number of rotatable bonds is 0. The molecule has 4 heteroatoms. The van der Waals surface area contributed by atoms with Gasteiger partial charge in [-0.1, -0.05) is 7.43 Å². The van der Waals surface area contributed by atoms with Crippen LogP contribution in [0.5, 0.6) is 0 Å². The zero-order chi connectivity index (χ0) is 0. The number of hydrogen-bond acceptors (Lipinski definition) is 0. The SMILES string of the molecule is C.[Al+3].[N-3].[Ru].[Ta]. The molecule has 0 spiro atoms. The van der Waals surface area contributed by atoms with Crippen LogP contribution in [0.4, 0.5) is 0 Å². The van der Waals surface area contributed by atoms with E-state index in [1.54, 1.807) is 0 Å². The predicted molar refractivity (Wildman–Crippen MR) is 15.8 cm³/mol. The van der Waals surface area contributed by atoms with Crippen molar-refractivity contribution < 1.29 is 41.9 Å². The molecular formula is CH4AlNRuTa. The normalized spacial score (nSPS) is 0. The van der Waals surface area contributed by atoms with Crippen LogP contribution in [0.2, 0.25) is 0 Å². The quantitative estimate of drug-likeness (QED) is 0.577. The summed E-state index contributed by atoms with van der Waals surface area (Å²) in [5.41, 5.74) is 0. The van der Waals surface area contributed by atoms with Gasteiger partial charge in [0.25, 0.3) is 0 Å². The van der Waals surface area contributed by atoms with E-state index in [0.717, 1.165) is 0 Å². The molecule has 0 saturated carbocycles. The van der Waals surface area contributed by atoms with Gasteiger partial charge in [0.2, 0.25) is 0 Å². The van der Waals surface area contributed by atoms with Crippen molar-refractivity contribution in [1.29, 1.82) is 0 Å². The van der Waals surface area contributed by atoms with Gasteiger partial charge in [-0.2, -0.15) is 0 Å². The second kappa shape index (κ2) is 40.1. The van der Waals surface area contributed by atoms with Gasteiger partial charge in [-0.15, -0.1) is 0 Å². The molecule has 0 aromatic carbocycles. The number of nitrogens with zero attached hydrogens (tertiary/aromatic N) is 1. The Morgan fingerprint density at radius 2 is 1.00 bits per heavy atom. The smallest absolute Gasteiger partial charge is 3.00 e. The van der Waals surface area contributed by atoms with Gasteiger partial charge in [0, 0.05) is 41.9 Å². The molecule has 0 saturated heterocycles. The van der Waals surface area contributed by atoms with E-state index in [1.807, 2.05) is 0 Å². The predicted octanol–water partition coefficient (Wildman–Crippen LogP) is 0.539. The van der Waals surface area contributed by atoms with Crippen LogP contribution in [0, 0.1) is 0 Å². The summed E-state index contributed by atoms with van der Waals surface area (Å²) in [5.74, 6) is 0. The molecule has 0 N–H and O–H groups in total. The summed E-state index contributed by atoms with van der Waals surface area (Å²) in [6, 6.07) is 0. The van der Waals surface area contributed by atoms with Gasteiger partial charge >= 0.3 is 17.4 Å². The second-order valence-electron chi connectivity index (χ2n) is 0. The Kier molecular flexibility index (Phi) is 547. The molecule has 0 amide bonds. The van der Waals surface area contributed by atoms with Crippen molar-refractivity contribution in [3.8, 4) is 0 Å². The van der Waals surface area contributed by atoms with E-state index < -0.39 is 0 Å². The maximum Gasteiger partial charge on any atom is 3.00 e. The molecule has 0 fully saturated rings. The average molecular weight is 339 g/mol. The first-order valence-electron chi connectivity index (χ1n) is 0. The topological polar surface area (TPSA) is 30.5 Å². The minimum atomic E-state index is 0. The van der Waals surface area contributed by atoms with Crippen LogP contribution in [0.1, 0.15) is 7.43 Å². The monoisotopic (exact) mass is 340 g/mol. The van der Waals surface area contributed by atoms with Gasteiger partial charge < -0.3 is 6.15 Å². The largest absolute Gasteiger partial charge is 3.00 e. The van der Waals surface area contributed by atoms with Gasteiger partial charge in [0.05, 0.1) is 0 Å². The molecule has 0 aromatic heterocycles. The zero-order valence-corrected chi connectivity index (χ0v) is 7.93. The van der Waals surface area contributed by atoms with E-state index in [1.165, 1.54) is 0 Å². The van der Waals surface area contributed by atoms with E-state index in [0.29, 0.717) is 0 Å². The second-order valence-corrected chi connectivity index (χ2v) is 0. The van der Waals surface area contributed by atoms with E-state index in [9.17, 15) is 0 Å². The van der Waals surface area contributed by atoms with E-state index in [-0.39, 0.29) is 72.8 Å². The van der Waals surface area contributed by atoms with Crippen molar-refractivity contribution >= 4 is 17.4 Å². The first kappa shape index (κ1) is 68.2. The van der Waals surface area contributed by atoms with Crippen LogP contribution < -0.4 is 0 Å². The molecule has 0 heterocycles. The Morgan fingerprint density at radius 1 is 1.00 bits per heavy atom. The minimum Gasteiger partial charge on any atom is -3.00 e. The van der Waals surface area contributed by atoms with Crippen molar-refractivity contribution in [2.24, 2.45) is 0 Å². The van der Waals surface area contributed by atoms with Gasteiger partial charge in [0.1, 0.15) is 0 Å². The molecule has 0 bridgehead atoms. The van der Waals surface area contributed by atoms with E-state index in [4.69, 9.17) is 0 Å². The fourth-order valence-corrected chi connectivity index (χ4v) is 0. The molecule has 0 aliphatic heterocycles. The Hall–Kier alpha value is 1.86. The molecule has 0 atom stereocenters. The zero-order valence-electron chi connectivity index (χ0n) is 1.83. The van der Waals surface area contributed by atoms with Gasteiger partial charge in [-0.3, -0.25) is 0 Å². The van der Waals surface area contributed by atoms with E-state index in [2.05, 4.69) is 0 Å². The summed E-state index contributed by atoms with van der Waals surface area (Å²) in [6.07, 6.45) is 0. The first-order chi connectivity index (χ1) is 0. The van der Waals surface area contributed by atoms with Crippen molar-refractivity contribution in [3.63, 3.8) is 0 Å². The van der Waals surface area contributed by atoms with Gasteiger partial charge in [-0.05, 0) is 0 Å². The molecule has 1 radical (unpaired) electrons. The van der Waals surface area contributed by atoms with Crippen molar-refractivity contribution in [1.82, 2.24) is 0 Å². The van der Waals surface area contributed by atoms with Crippen LogP contribution in [0.25, 0.3) is 6.15 Å². The van der Waals surface area contributed by atoms with Crippen LogP contribution in [-0.4, -0.2) is 17.4 Å². The Labute approximate surface area is 72.3 Å². The molecule has 0 aliphatic rings. The maximum absolute atomic E-state index is 0. The summed E-state index contributed by atoms with van der Waals surface area (Å²) in [7, 11) is 0. The molecule has 0 unspecified atom stereocenters. The van der Waals surface area contributed by atoms with Gasteiger partial charge in [0.15, 0.2) is 0 Å². The van der Waals surface area contributed by atoms with Crippen LogP contribution >= 0.6 is 0 Å². The average Bonchev–Trinajstić information content (AvgIpc) is 0. The molecular weight excluding hydrogens is 335 g/mol. The van der Waals surface area contributed by atoms with E-state index >= 15 is 0 Å². The summed E-state index contributed by atoms with van der Waals surface area (Å²) < 4.78 is 0. The summed E-state index contributed by atoms with van der Waals surface area (Å²) >= 11 is 0.